The molecule has 0 fully saturated rings. The Labute approximate surface area is 89.2 Å². The zero-order valence-electron chi connectivity index (χ0n) is 7.00. The number of thiazole rings is 1. The standard InChI is InChI=1S/C9H6ClFN2S/c10-9-13-7(8(12)14-9)5-2-1-3-6(11)4-5/h1-4H,12H2. The van der Waals surface area contributed by atoms with Gasteiger partial charge in [-0.2, -0.15) is 0 Å². The van der Waals surface area contributed by atoms with Crippen molar-refractivity contribution in [3.8, 4) is 11.3 Å². The SMILES string of the molecule is Nc1sc(Cl)nc1-c1cccc(F)c1. The van der Waals surface area contributed by atoms with Crippen LogP contribution in [0.4, 0.5) is 9.39 Å². The van der Waals surface area contributed by atoms with E-state index in [9.17, 15) is 4.39 Å². The van der Waals surface area contributed by atoms with Gasteiger partial charge < -0.3 is 5.73 Å². The third kappa shape index (κ3) is 1.71. The van der Waals surface area contributed by atoms with Gasteiger partial charge in [0.1, 0.15) is 16.5 Å². The number of nitrogen functional groups attached to an aromatic ring is 1. The molecule has 1 aromatic heterocycles. The Morgan fingerprint density at radius 1 is 1.43 bits per heavy atom. The Hall–Kier alpha value is -1.13. The minimum absolute atomic E-state index is 0.314. The molecule has 0 spiro atoms. The van der Waals surface area contributed by atoms with Crippen LogP contribution >= 0.6 is 22.9 Å². The van der Waals surface area contributed by atoms with Crippen LogP contribution in [0, 0.1) is 5.82 Å². The van der Waals surface area contributed by atoms with Gasteiger partial charge in [-0.3, -0.25) is 0 Å². The van der Waals surface area contributed by atoms with Gasteiger partial charge in [0.15, 0.2) is 4.47 Å². The van der Waals surface area contributed by atoms with Gasteiger partial charge in [0.05, 0.1) is 0 Å². The van der Waals surface area contributed by atoms with Crippen molar-refractivity contribution in [3.05, 3.63) is 34.5 Å². The number of benzene rings is 1. The second-order valence-electron chi connectivity index (χ2n) is 2.69. The van der Waals surface area contributed by atoms with Crippen molar-refractivity contribution in [2.75, 3.05) is 5.73 Å². The molecule has 0 aliphatic heterocycles. The van der Waals surface area contributed by atoms with Crippen molar-refractivity contribution in [2.24, 2.45) is 0 Å². The summed E-state index contributed by atoms with van der Waals surface area (Å²) in [7, 11) is 0. The number of nitrogens with zero attached hydrogens (tertiary/aromatic N) is 1. The highest BCUT2D eigenvalue weighted by Gasteiger charge is 2.09. The maximum atomic E-state index is 12.9. The zero-order chi connectivity index (χ0) is 10.1. The third-order valence-electron chi connectivity index (χ3n) is 1.73. The minimum atomic E-state index is -0.314. The molecule has 0 aliphatic carbocycles. The lowest BCUT2D eigenvalue weighted by molar-refractivity contribution is 0.628. The first-order chi connectivity index (χ1) is 6.66. The number of halogens is 2. The Balaban J connectivity index is 2.54. The Bertz CT molecular complexity index is 470. The van der Waals surface area contributed by atoms with E-state index >= 15 is 0 Å². The van der Waals surface area contributed by atoms with Gasteiger partial charge >= 0.3 is 0 Å². The summed E-state index contributed by atoms with van der Waals surface area (Å²) in [5, 5.41) is 0.501. The summed E-state index contributed by atoms with van der Waals surface area (Å²) in [6.45, 7) is 0. The summed E-state index contributed by atoms with van der Waals surface area (Å²) >= 11 is 6.87. The molecule has 0 bridgehead atoms. The monoisotopic (exact) mass is 228 g/mol. The highest BCUT2D eigenvalue weighted by atomic mass is 35.5. The summed E-state index contributed by atoms with van der Waals surface area (Å²) in [4.78, 5) is 4.01. The molecule has 0 unspecified atom stereocenters. The van der Waals surface area contributed by atoms with Crippen molar-refractivity contribution in [1.82, 2.24) is 4.98 Å². The van der Waals surface area contributed by atoms with E-state index in [1.54, 1.807) is 12.1 Å². The normalized spacial score (nSPS) is 10.4. The largest absolute Gasteiger partial charge is 0.389 e. The van der Waals surface area contributed by atoms with E-state index in [-0.39, 0.29) is 5.82 Å². The molecule has 0 atom stereocenters. The van der Waals surface area contributed by atoms with Crippen LogP contribution in [0.15, 0.2) is 24.3 Å². The van der Waals surface area contributed by atoms with Crippen LogP contribution < -0.4 is 5.73 Å². The third-order valence-corrected chi connectivity index (χ3v) is 2.71. The molecule has 2 rings (SSSR count). The molecular formula is C9H6ClFN2S. The van der Waals surface area contributed by atoms with Crippen LogP contribution in [0.3, 0.4) is 0 Å². The predicted octanol–water partition coefficient (Wildman–Crippen LogP) is 3.18. The van der Waals surface area contributed by atoms with Gasteiger partial charge in [0, 0.05) is 5.56 Å². The predicted molar refractivity (Wildman–Crippen MR) is 56.9 cm³/mol. The van der Waals surface area contributed by atoms with Gasteiger partial charge in [-0.25, -0.2) is 9.37 Å². The average molecular weight is 229 g/mol. The maximum Gasteiger partial charge on any atom is 0.186 e. The Morgan fingerprint density at radius 2 is 2.21 bits per heavy atom. The molecule has 2 N–H and O–H groups in total. The van der Waals surface area contributed by atoms with Crippen LogP contribution in [0.2, 0.25) is 4.47 Å². The molecule has 5 heteroatoms. The molecule has 0 radical (unpaired) electrons. The fourth-order valence-corrected chi connectivity index (χ4v) is 2.06. The summed E-state index contributed by atoms with van der Waals surface area (Å²) in [6, 6.07) is 6.09. The molecule has 0 saturated carbocycles. The molecule has 1 heterocycles. The van der Waals surface area contributed by atoms with Crippen LogP contribution in [0.1, 0.15) is 0 Å². The summed E-state index contributed by atoms with van der Waals surface area (Å²) in [6.07, 6.45) is 0. The molecule has 0 aliphatic rings. The van der Waals surface area contributed by atoms with E-state index in [1.807, 2.05) is 0 Å². The number of aromatic nitrogens is 1. The zero-order valence-corrected chi connectivity index (χ0v) is 8.57. The molecule has 2 nitrogen and oxygen atoms in total. The highest BCUT2D eigenvalue weighted by molar-refractivity contribution is 7.19. The first-order valence-electron chi connectivity index (χ1n) is 3.84. The Morgan fingerprint density at radius 3 is 2.79 bits per heavy atom. The molecule has 1 aromatic carbocycles. The average Bonchev–Trinajstić information content (AvgIpc) is 2.45. The van der Waals surface area contributed by atoms with Crippen LogP contribution in [-0.4, -0.2) is 4.98 Å². The maximum absolute atomic E-state index is 12.9. The number of hydrogen-bond acceptors (Lipinski definition) is 3. The Kier molecular flexibility index (Phi) is 2.39. The number of nitrogens with two attached hydrogens (primary N) is 1. The van der Waals surface area contributed by atoms with Gasteiger partial charge in [-0.05, 0) is 12.1 Å². The van der Waals surface area contributed by atoms with Crippen molar-refractivity contribution in [3.63, 3.8) is 0 Å². The minimum Gasteiger partial charge on any atom is -0.389 e. The smallest absolute Gasteiger partial charge is 0.186 e. The van der Waals surface area contributed by atoms with Gasteiger partial charge in [0.25, 0.3) is 0 Å². The van der Waals surface area contributed by atoms with Crippen molar-refractivity contribution in [1.29, 1.82) is 0 Å². The molecular weight excluding hydrogens is 223 g/mol. The molecule has 14 heavy (non-hydrogen) atoms. The second kappa shape index (κ2) is 3.55. The van der Waals surface area contributed by atoms with Crippen LogP contribution in [-0.2, 0) is 0 Å². The fraction of sp³-hybridized carbons (Fsp3) is 0. The van der Waals surface area contributed by atoms with Crippen LogP contribution in [0.25, 0.3) is 11.3 Å². The number of anilines is 1. The van der Waals surface area contributed by atoms with Crippen LogP contribution in [0.5, 0.6) is 0 Å². The quantitative estimate of drug-likeness (QED) is 0.814. The van der Waals surface area contributed by atoms with Crippen molar-refractivity contribution >= 4 is 27.9 Å². The van der Waals surface area contributed by atoms with E-state index in [0.717, 1.165) is 0 Å². The number of rotatable bonds is 1. The first-order valence-corrected chi connectivity index (χ1v) is 5.04. The summed E-state index contributed by atoms with van der Waals surface area (Å²) < 4.78 is 13.3. The fourth-order valence-electron chi connectivity index (χ4n) is 1.15. The van der Waals surface area contributed by atoms with Gasteiger partial charge in [0.2, 0.25) is 0 Å². The number of hydrogen-bond donors (Lipinski definition) is 1. The van der Waals surface area contributed by atoms with E-state index in [1.165, 1.54) is 23.5 Å². The molecule has 72 valence electrons. The van der Waals surface area contributed by atoms with E-state index in [2.05, 4.69) is 4.98 Å². The van der Waals surface area contributed by atoms with E-state index in [0.29, 0.717) is 20.7 Å². The van der Waals surface area contributed by atoms with E-state index < -0.39 is 0 Å². The van der Waals surface area contributed by atoms with Crippen molar-refractivity contribution in [2.45, 2.75) is 0 Å². The lowest BCUT2D eigenvalue weighted by atomic mass is 10.1. The lowest BCUT2D eigenvalue weighted by Gasteiger charge is -1.97. The molecule has 2 aromatic rings. The van der Waals surface area contributed by atoms with E-state index in [4.69, 9.17) is 17.3 Å². The highest BCUT2D eigenvalue weighted by Crippen LogP contribution is 2.32. The first kappa shape index (κ1) is 9.43. The summed E-state index contributed by atoms with van der Waals surface area (Å²) in [5.41, 5.74) is 6.86. The molecule has 0 saturated heterocycles. The van der Waals surface area contributed by atoms with Gasteiger partial charge in [-0.15, -0.1) is 0 Å². The summed E-state index contributed by atoms with van der Waals surface area (Å²) in [5.74, 6) is -0.314. The lowest BCUT2D eigenvalue weighted by Crippen LogP contribution is -1.86. The second-order valence-corrected chi connectivity index (χ2v) is 4.30. The molecule has 0 amide bonds. The van der Waals surface area contributed by atoms with Crippen molar-refractivity contribution < 1.29 is 4.39 Å². The van der Waals surface area contributed by atoms with Gasteiger partial charge in [-0.1, -0.05) is 35.1 Å². The topological polar surface area (TPSA) is 38.9 Å².